The first kappa shape index (κ1) is 14.0. The fraction of sp³-hybridized carbons (Fsp3) is 0.667. The molecular weight excluding hydrogens is 238 g/mol. The summed E-state index contributed by atoms with van der Waals surface area (Å²) in [4.78, 5) is 6.70. The van der Waals surface area contributed by atoms with Gasteiger partial charge >= 0.3 is 0 Å². The van der Waals surface area contributed by atoms with Crippen LogP contribution in [0.5, 0.6) is 5.88 Å². The fourth-order valence-corrected chi connectivity index (χ4v) is 1.94. The molecule has 0 aromatic carbocycles. The fourth-order valence-electron chi connectivity index (χ4n) is 1.94. The highest BCUT2D eigenvalue weighted by atomic mass is 16.5. The molecule has 0 aliphatic heterocycles. The maximum absolute atomic E-state index is 5.92. The largest absolute Gasteiger partial charge is 0.476 e. The van der Waals surface area contributed by atoms with Gasteiger partial charge in [0, 0.05) is 13.6 Å². The third-order valence-corrected chi connectivity index (χ3v) is 3.70. The minimum Gasteiger partial charge on any atom is -0.476 e. The summed E-state index contributed by atoms with van der Waals surface area (Å²) in [5, 5.41) is 0. The second-order valence-corrected chi connectivity index (χ2v) is 5.71. The van der Waals surface area contributed by atoms with E-state index in [0.29, 0.717) is 23.4 Å². The molecule has 2 rings (SSSR count). The van der Waals surface area contributed by atoms with Gasteiger partial charge in [-0.1, -0.05) is 20.3 Å². The van der Waals surface area contributed by atoms with E-state index in [1.54, 1.807) is 0 Å². The van der Waals surface area contributed by atoms with Crippen LogP contribution < -0.4 is 15.4 Å². The Labute approximate surface area is 116 Å². The SMILES string of the molecule is CCC(C)CN(C)c1ccc(N)c(OCC2CC2)n1. The summed E-state index contributed by atoms with van der Waals surface area (Å²) in [5.74, 6) is 2.88. The summed E-state index contributed by atoms with van der Waals surface area (Å²) < 4.78 is 5.72. The summed E-state index contributed by atoms with van der Waals surface area (Å²) in [5.41, 5.74) is 6.54. The summed E-state index contributed by atoms with van der Waals surface area (Å²) in [7, 11) is 2.06. The molecule has 0 saturated heterocycles. The second kappa shape index (κ2) is 6.13. The van der Waals surface area contributed by atoms with E-state index < -0.39 is 0 Å². The van der Waals surface area contributed by atoms with Crippen LogP contribution in [0.15, 0.2) is 12.1 Å². The molecule has 0 bridgehead atoms. The van der Waals surface area contributed by atoms with Crippen LogP contribution in [0.4, 0.5) is 11.5 Å². The normalized spacial score (nSPS) is 16.2. The minimum absolute atomic E-state index is 0.584. The first-order valence-electron chi connectivity index (χ1n) is 7.20. The second-order valence-electron chi connectivity index (χ2n) is 5.71. The highest BCUT2D eigenvalue weighted by molar-refractivity contribution is 5.54. The maximum Gasteiger partial charge on any atom is 0.239 e. The lowest BCUT2D eigenvalue weighted by atomic mass is 10.1. The van der Waals surface area contributed by atoms with Crippen molar-refractivity contribution < 1.29 is 4.74 Å². The van der Waals surface area contributed by atoms with E-state index in [9.17, 15) is 0 Å². The number of nitrogens with two attached hydrogens (primary N) is 1. The molecule has 1 atom stereocenters. The molecule has 1 heterocycles. The molecule has 0 amide bonds. The Morgan fingerprint density at radius 1 is 1.47 bits per heavy atom. The topological polar surface area (TPSA) is 51.4 Å². The van der Waals surface area contributed by atoms with Crippen molar-refractivity contribution in [3.8, 4) is 5.88 Å². The van der Waals surface area contributed by atoms with Gasteiger partial charge < -0.3 is 15.4 Å². The maximum atomic E-state index is 5.92. The van der Waals surface area contributed by atoms with Crippen molar-refractivity contribution in [1.82, 2.24) is 4.98 Å². The molecule has 4 heteroatoms. The third kappa shape index (κ3) is 4.01. The van der Waals surface area contributed by atoms with Crippen LogP contribution >= 0.6 is 0 Å². The van der Waals surface area contributed by atoms with E-state index in [4.69, 9.17) is 10.5 Å². The smallest absolute Gasteiger partial charge is 0.239 e. The quantitative estimate of drug-likeness (QED) is 0.821. The van der Waals surface area contributed by atoms with Gasteiger partial charge in [0.05, 0.1) is 12.3 Å². The van der Waals surface area contributed by atoms with Gasteiger partial charge in [-0.05, 0) is 36.8 Å². The summed E-state index contributed by atoms with van der Waals surface area (Å²) >= 11 is 0. The third-order valence-electron chi connectivity index (χ3n) is 3.70. The van der Waals surface area contributed by atoms with Gasteiger partial charge in [-0.15, -0.1) is 0 Å². The molecule has 4 nitrogen and oxygen atoms in total. The van der Waals surface area contributed by atoms with E-state index in [1.165, 1.54) is 19.3 Å². The van der Waals surface area contributed by atoms with E-state index >= 15 is 0 Å². The zero-order valence-electron chi connectivity index (χ0n) is 12.2. The molecule has 1 fully saturated rings. The monoisotopic (exact) mass is 263 g/mol. The molecule has 19 heavy (non-hydrogen) atoms. The van der Waals surface area contributed by atoms with E-state index in [2.05, 4.69) is 30.8 Å². The van der Waals surface area contributed by atoms with Gasteiger partial charge in [0.25, 0.3) is 0 Å². The Hall–Kier alpha value is -1.45. The van der Waals surface area contributed by atoms with Gasteiger partial charge in [-0.2, -0.15) is 4.98 Å². The average molecular weight is 263 g/mol. The van der Waals surface area contributed by atoms with Crippen LogP contribution in [0.3, 0.4) is 0 Å². The number of pyridine rings is 1. The Morgan fingerprint density at radius 2 is 2.21 bits per heavy atom. The van der Waals surface area contributed by atoms with Crippen molar-refractivity contribution in [2.45, 2.75) is 33.1 Å². The van der Waals surface area contributed by atoms with Gasteiger partial charge in [-0.25, -0.2) is 0 Å². The Morgan fingerprint density at radius 3 is 2.84 bits per heavy atom. The van der Waals surface area contributed by atoms with Crippen molar-refractivity contribution in [1.29, 1.82) is 0 Å². The molecule has 1 aliphatic rings. The lowest BCUT2D eigenvalue weighted by Gasteiger charge is -2.22. The Balaban J connectivity index is 2.01. The number of hydrogen-bond acceptors (Lipinski definition) is 4. The van der Waals surface area contributed by atoms with Crippen molar-refractivity contribution in [3.05, 3.63) is 12.1 Å². The Bertz CT molecular complexity index is 418. The van der Waals surface area contributed by atoms with Gasteiger partial charge in [0.1, 0.15) is 5.82 Å². The number of hydrogen-bond donors (Lipinski definition) is 1. The van der Waals surface area contributed by atoms with Crippen molar-refractivity contribution in [2.24, 2.45) is 11.8 Å². The highest BCUT2D eigenvalue weighted by Crippen LogP contribution is 2.31. The van der Waals surface area contributed by atoms with Gasteiger partial charge in [-0.3, -0.25) is 0 Å². The Kier molecular flexibility index (Phi) is 4.51. The van der Waals surface area contributed by atoms with Crippen molar-refractivity contribution >= 4 is 11.5 Å². The van der Waals surface area contributed by atoms with E-state index in [-0.39, 0.29) is 0 Å². The number of ether oxygens (including phenoxy) is 1. The molecule has 1 aromatic rings. The van der Waals surface area contributed by atoms with E-state index in [1.807, 2.05) is 12.1 Å². The number of rotatable bonds is 7. The molecular formula is C15H25N3O. The number of nitrogen functional groups attached to an aromatic ring is 1. The predicted molar refractivity (Wildman–Crippen MR) is 79.6 cm³/mol. The van der Waals surface area contributed by atoms with Crippen LogP contribution in [0.1, 0.15) is 33.1 Å². The molecule has 2 N–H and O–H groups in total. The van der Waals surface area contributed by atoms with Crippen LogP contribution in [0.25, 0.3) is 0 Å². The summed E-state index contributed by atoms with van der Waals surface area (Å²) in [6.45, 7) is 6.20. The number of aromatic nitrogens is 1. The summed E-state index contributed by atoms with van der Waals surface area (Å²) in [6, 6.07) is 3.85. The zero-order valence-corrected chi connectivity index (χ0v) is 12.2. The predicted octanol–water partition coefficient (Wildman–Crippen LogP) is 2.93. The zero-order chi connectivity index (χ0) is 13.8. The van der Waals surface area contributed by atoms with Crippen LogP contribution in [0.2, 0.25) is 0 Å². The van der Waals surface area contributed by atoms with Crippen LogP contribution in [-0.2, 0) is 0 Å². The van der Waals surface area contributed by atoms with Gasteiger partial charge in [0.2, 0.25) is 5.88 Å². The molecule has 106 valence electrons. The summed E-state index contributed by atoms with van der Waals surface area (Å²) in [6.07, 6.45) is 3.71. The first-order valence-corrected chi connectivity index (χ1v) is 7.20. The lowest BCUT2D eigenvalue weighted by molar-refractivity contribution is 0.290. The molecule has 0 radical (unpaired) electrons. The lowest BCUT2D eigenvalue weighted by Crippen LogP contribution is -2.24. The number of nitrogens with zero attached hydrogens (tertiary/aromatic N) is 2. The van der Waals surface area contributed by atoms with Crippen molar-refractivity contribution in [3.63, 3.8) is 0 Å². The molecule has 1 aliphatic carbocycles. The van der Waals surface area contributed by atoms with Crippen LogP contribution in [-0.4, -0.2) is 25.2 Å². The van der Waals surface area contributed by atoms with Crippen LogP contribution in [0, 0.1) is 11.8 Å². The minimum atomic E-state index is 0.584. The van der Waals surface area contributed by atoms with E-state index in [0.717, 1.165) is 19.0 Å². The molecule has 1 aromatic heterocycles. The standard InChI is InChI=1S/C15H25N3O/c1-4-11(2)9-18(3)14-8-7-13(16)15(17-14)19-10-12-5-6-12/h7-8,11-12H,4-6,9-10,16H2,1-3H3. The molecule has 0 spiro atoms. The molecule has 1 unspecified atom stereocenters. The first-order chi connectivity index (χ1) is 9.10. The van der Waals surface area contributed by atoms with Crippen molar-refractivity contribution in [2.75, 3.05) is 30.8 Å². The molecule has 1 saturated carbocycles. The number of anilines is 2. The average Bonchev–Trinajstić information content (AvgIpc) is 3.21. The van der Waals surface area contributed by atoms with Gasteiger partial charge in [0.15, 0.2) is 0 Å². The highest BCUT2D eigenvalue weighted by Gasteiger charge is 2.22.